The molecule has 3 heteroatoms. The van der Waals surface area contributed by atoms with Crippen LogP contribution >= 0.6 is 0 Å². The van der Waals surface area contributed by atoms with Crippen molar-refractivity contribution in [1.29, 1.82) is 0 Å². The summed E-state index contributed by atoms with van der Waals surface area (Å²) in [7, 11) is 0. The number of nitrogens with one attached hydrogen (secondary N) is 1. The van der Waals surface area contributed by atoms with Gasteiger partial charge in [-0.2, -0.15) is 0 Å². The topological polar surface area (TPSA) is 32.3 Å². The molecular weight excluding hydrogens is 205 g/mol. The molecule has 2 N–H and O–H groups in total. The predicted octanol–water partition coefficient (Wildman–Crippen LogP) is 2.64. The van der Waals surface area contributed by atoms with Gasteiger partial charge in [-0.3, -0.25) is 0 Å². The first-order valence-corrected chi connectivity index (χ1v) is 5.66. The highest BCUT2D eigenvalue weighted by molar-refractivity contribution is 5.19. The molecule has 90 valence electrons. The number of halogens is 1. The first-order chi connectivity index (χ1) is 7.44. The Balaban J connectivity index is 2.53. The van der Waals surface area contributed by atoms with Crippen molar-refractivity contribution in [3.63, 3.8) is 0 Å². The van der Waals surface area contributed by atoms with Crippen molar-refractivity contribution >= 4 is 0 Å². The van der Waals surface area contributed by atoms with Crippen molar-refractivity contribution in [2.45, 2.75) is 38.8 Å². The molecule has 0 aliphatic heterocycles. The SMILES string of the molecule is CCC(C)(O)CNC(C)c1ccc(F)cc1. The molecule has 0 spiro atoms. The standard InChI is InChI=1S/C13H20FNO/c1-4-13(3,16)9-15-10(2)11-5-7-12(14)8-6-11/h5-8,10,15-16H,4,9H2,1-3H3. The number of rotatable bonds is 5. The molecule has 16 heavy (non-hydrogen) atoms. The summed E-state index contributed by atoms with van der Waals surface area (Å²) in [5, 5.41) is 13.1. The first-order valence-electron chi connectivity index (χ1n) is 5.66. The quantitative estimate of drug-likeness (QED) is 0.807. The number of hydrogen-bond donors (Lipinski definition) is 2. The van der Waals surface area contributed by atoms with E-state index in [2.05, 4.69) is 5.32 Å². The Labute approximate surface area is 96.5 Å². The van der Waals surface area contributed by atoms with Crippen molar-refractivity contribution in [1.82, 2.24) is 5.32 Å². The van der Waals surface area contributed by atoms with Crippen LogP contribution in [0.15, 0.2) is 24.3 Å². The smallest absolute Gasteiger partial charge is 0.123 e. The molecule has 0 aliphatic carbocycles. The lowest BCUT2D eigenvalue weighted by molar-refractivity contribution is 0.0533. The van der Waals surface area contributed by atoms with Gasteiger partial charge in [0, 0.05) is 12.6 Å². The summed E-state index contributed by atoms with van der Waals surface area (Å²) in [6.45, 7) is 6.28. The molecule has 0 saturated carbocycles. The molecule has 0 amide bonds. The Morgan fingerprint density at radius 1 is 1.38 bits per heavy atom. The fraction of sp³-hybridized carbons (Fsp3) is 0.538. The molecule has 0 saturated heterocycles. The minimum atomic E-state index is -0.686. The second kappa shape index (κ2) is 5.41. The van der Waals surface area contributed by atoms with Gasteiger partial charge in [0.15, 0.2) is 0 Å². The van der Waals surface area contributed by atoms with Crippen LogP contribution in [0.2, 0.25) is 0 Å². The zero-order chi connectivity index (χ0) is 12.2. The van der Waals surface area contributed by atoms with Gasteiger partial charge in [0.2, 0.25) is 0 Å². The average Bonchev–Trinajstić information content (AvgIpc) is 2.27. The van der Waals surface area contributed by atoms with Crippen LogP contribution in [0.4, 0.5) is 4.39 Å². The molecule has 2 unspecified atom stereocenters. The third-order valence-electron chi connectivity index (χ3n) is 2.92. The molecule has 0 fully saturated rings. The van der Waals surface area contributed by atoms with E-state index in [0.717, 1.165) is 5.56 Å². The maximum atomic E-state index is 12.7. The van der Waals surface area contributed by atoms with Crippen molar-refractivity contribution in [3.8, 4) is 0 Å². The lowest BCUT2D eigenvalue weighted by atomic mass is 10.0. The van der Waals surface area contributed by atoms with Gasteiger partial charge in [-0.1, -0.05) is 19.1 Å². The fourth-order valence-corrected chi connectivity index (χ4v) is 1.37. The monoisotopic (exact) mass is 225 g/mol. The summed E-state index contributed by atoms with van der Waals surface area (Å²) in [5.74, 6) is -0.225. The highest BCUT2D eigenvalue weighted by Crippen LogP contribution is 2.14. The summed E-state index contributed by atoms with van der Waals surface area (Å²) in [5.41, 5.74) is 0.335. The van der Waals surface area contributed by atoms with Gasteiger partial charge < -0.3 is 10.4 Å². The number of aliphatic hydroxyl groups is 1. The molecule has 0 radical (unpaired) electrons. The van der Waals surface area contributed by atoms with Crippen LogP contribution in [-0.4, -0.2) is 17.3 Å². The van der Waals surface area contributed by atoms with Crippen molar-refractivity contribution < 1.29 is 9.50 Å². The second-order valence-corrected chi connectivity index (χ2v) is 4.50. The van der Waals surface area contributed by atoms with E-state index < -0.39 is 5.60 Å². The van der Waals surface area contributed by atoms with Crippen LogP contribution in [-0.2, 0) is 0 Å². The summed E-state index contributed by atoms with van der Waals surface area (Å²) in [4.78, 5) is 0. The van der Waals surface area contributed by atoms with Gasteiger partial charge in [-0.25, -0.2) is 4.39 Å². The number of benzene rings is 1. The summed E-state index contributed by atoms with van der Waals surface area (Å²) in [6.07, 6.45) is 0.705. The summed E-state index contributed by atoms with van der Waals surface area (Å²) < 4.78 is 12.7. The van der Waals surface area contributed by atoms with E-state index >= 15 is 0 Å². The van der Waals surface area contributed by atoms with E-state index in [1.165, 1.54) is 12.1 Å². The van der Waals surface area contributed by atoms with Crippen molar-refractivity contribution in [2.75, 3.05) is 6.54 Å². The van der Waals surface area contributed by atoms with E-state index in [0.29, 0.717) is 13.0 Å². The maximum absolute atomic E-state index is 12.7. The van der Waals surface area contributed by atoms with Gasteiger partial charge in [0.05, 0.1) is 5.60 Å². The molecule has 0 aromatic heterocycles. The Morgan fingerprint density at radius 3 is 2.44 bits per heavy atom. The highest BCUT2D eigenvalue weighted by atomic mass is 19.1. The molecule has 1 rings (SSSR count). The molecular formula is C13H20FNO. The second-order valence-electron chi connectivity index (χ2n) is 4.50. The third-order valence-corrected chi connectivity index (χ3v) is 2.92. The van der Waals surface area contributed by atoms with Gasteiger partial charge >= 0.3 is 0 Å². The van der Waals surface area contributed by atoms with E-state index in [4.69, 9.17) is 0 Å². The largest absolute Gasteiger partial charge is 0.389 e. The van der Waals surface area contributed by atoms with Gasteiger partial charge in [0.25, 0.3) is 0 Å². The van der Waals surface area contributed by atoms with Crippen LogP contribution in [0.5, 0.6) is 0 Å². The molecule has 2 nitrogen and oxygen atoms in total. The Morgan fingerprint density at radius 2 is 1.94 bits per heavy atom. The van der Waals surface area contributed by atoms with Gasteiger partial charge in [-0.05, 0) is 38.0 Å². The lowest BCUT2D eigenvalue weighted by Gasteiger charge is -2.24. The zero-order valence-corrected chi connectivity index (χ0v) is 10.1. The Hall–Kier alpha value is -0.930. The molecule has 1 aromatic rings. The number of hydrogen-bond acceptors (Lipinski definition) is 2. The average molecular weight is 225 g/mol. The molecule has 0 aliphatic rings. The van der Waals surface area contributed by atoms with Crippen LogP contribution in [0.1, 0.15) is 38.8 Å². The van der Waals surface area contributed by atoms with Crippen LogP contribution in [0, 0.1) is 5.82 Å². The summed E-state index contributed by atoms with van der Waals surface area (Å²) in [6, 6.07) is 6.52. The van der Waals surface area contributed by atoms with E-state index in [-0.39, 0.29) is 11.9 Å². The fourth-order valence-electron chi connectivity index (χ4n) is 1.37. The first kappa shape index (κ1) is 13.1. The highest BCUT2D eigenvalue weighted by Gasteiger charge is 2.18. The van der Waals surface area contributed by atoms with Crippen LogP contribution < -0.4 is 5.32 Å². The predicted molar refractivity (Wildman–Crippen MR) is 63.7 cm³/mol. The lowest BCUT2D eigenvalue weighted by Crippen LogP contribution is -2.38. The van der Waals surface area contributed by atoms with E-state index in [1.54, 1.807) is 19.1 Å². The van der Waals surface area contributed by atoms with Crippen LogP contribution in [0.25, 0.3) is 0 Å². The van der Waals surface area contributed by atoms with Gasteiger partial charge in [-0.15, -0.1) is 0 Å². The molecule has 0 heterocycles. The van der Waals surface area contributed by atoms with Crippen molar-refractivity contribution in [3.05, 3.63) is 35.6 Å². The normalized spacial score (nSPS) is 16.8. The summed E-state index contributed by atoms with van der Waals surface area (Å²) >= 11 is 0. The Kier molecular flexibility index (Phi) is 4.44. The third kappa shape index (κ3) is 3.91. The van der Waals surface area contributed by atoms with Crippen LogP contribution in [0.3, 0.4) is 0 Å². The molecule has 0 bridgehead atoms. The van der Waals surface area contributed by atoms with E-state index in [1.807, 2.05) is 13.8 Å². The van der Waals surface area contributed by atoms with E-state index in [9.17, 15) is 9.50 Å². The molecule has 1 aromatic carbocycles. The minimum Gasteiger partial charge on any atom is -0.389 e. The Bertz CT molecular complexity index is 321. The zero-order valence-electron chi connectivity index (χ0n) is 10.1. The maximum Gasteiger partial charge on any atom is 0.123 e. The van der Waals surface area contributed by atoms with Gasteiger partial charge in [0.1, 0.15) is 5.82 Å². The molecule has 2 atom stereocenters. The minimum absolute atomic E-state index is 0.110. The van der Waals surface area contributed by atoms with Crippen molar-refractivity contribution in [2.24, 2.45) is 0 Å².